The molecule has 2 aliphatic heterocycles. The van der Waals surface area contributed by atoms with Gasteiger partial charge in [-0.25, -0.2) is 9.29 Å². The SMILES string of the molecule is CC(=O)N[C@H]1[C@@H](OP(=O)([O-])OP(=O)([O-])OC[C@H]2O[C@@H](n3cnc4c(=O)[nH]c(N)nc43)[C@H](O)[C@@H]2O)O[C@H](C)C(=O)[C@@H]1O. The first-order valence-electron chi connectivity index (χ1n) is 11.5. The number of aliphatic hydroxyl groups excluding tert-OH is 3. The van der Waals surface area contributed by atoms with E-state index in [1.165, 1.54) is 0 Å². The summed E-state index contributed by atoms with van der Waals surface area (Å²) >= 11 is 0. The number of fused-ring (bicyclic) bond motifs is 1. The number of nitrogen functional groups attached to an aromatic ring is 1. The molecule has 1 amide bonds. The van der Waals surface area contributed by atoms with Gasteiger partial charge in [0.05, 0.1) is 12.9 Å². The molecular weight excluding hydrogens is 602 g/mol. The van der Waals surface area contributed by atoms with Crippen LogP contribution in [0.2, 0.25) is 0 Å². The number of nitrogens with two attached hydrogens (primary N) is 1. The number of carbonyl (C=O) groups is 2. The topological polar surface area (TPSA) is 323 Å². The summed E-state index contributed by atoms with van der Waals surface area (Å²) in [6.07, 6.45) is -10.9. The maximum Gasteiger partial charge on any atom is 0.280 e. The highest BCUT2D eigenvalue weighted by Gasteiger charge is 2.47. The van der Waals surface area contributed by atoms with Gasteiger partial charge >= 0.3 is 0 Å². The van der Waals surface area contributed by atoms with Crippen LogP contribution >= 0.6 is 15.6 Å². The van der Waals surface area contributed by atoms with Gasteiger partial charge in [-0.15, -0.1) is 0 Å². The van der Waals surface area contributed by atoms with Gasteiger partial charge < -0.3 is 50.2 Å². The normalized spacial score (nSPS) is 33.4. The van der Waals surface area contributed by atoms with E-state index in [1.807, 2.05) is 0 Å². The van der Waals surface area contributed by atoms with Crippen molar-refractivity contribution in [2.24, 2.45) is 0 Å². The van der Waals surface area contributed by atoms with Gasteiger partial charge in [0.2, 0.25) is 11.9 Å². The molecule has 0 saturated carbocycles. The van der Waals surface area contributed by atoms with Crippen molar-refractivity contribution in [2.45, 2.75) is 62.9 Å². The molecular formula is C18H24N6O15P2-2. The monoisotopic (exact) mass is 626 g/mol. The third kappa shape index (κ3) is 6.72. The number of nitrogens with one attached hydrogen (secondary N) is 2. The third-order valence-electron chi connectivity index (χ3n) is 5.93. The lowest BCUT2D eigenvalue weighted by Crippen LogP contribution is -2.61. The number of phosphoric ester groups is 2. The van der Waals surface area contributed by atoms with Crippen LogP contribution in [0.1, 0.15) is 20.1 Å². The molecule has 4 heterocycles. The largest absolute Gasteiger partial charge is 0.756 e. The number of ketones is 1. The fraction of sp³-hybridized carbons (Fsp3) is 0.611. The molecule has 228 valence electrons. The number of amides is 1. The summed E-state index contributed by atoms with van der Waals surface area (Å²) in [5.74, 6) is -2.00. The highest BCUT2D eigenvalue weighted by Crippen LogP contribution is 2.57. The number of hydrogen-bond donors (Lipinski definition) is 6. The Morgan fingerprint density at radius 3 is 2.56 bits per heavy atom. The zero-order chi connectivity index (χ0) is 30.4. The number of hydrogen-bond acceptors (Lipinski definition) is 18. The van der Waals surface area contributed by atoms with Crippen molar-refractivity contribution in [2.75, 3.05) is 12.3 Å². The molecule has 2 aromatic rings. The highest BCUT2D eigenvalue weighted by molar-refractivity contribution is 7.59. The van der Waals surface area contributed by atoms with Gasteiger partial charge in [-0.1, -0.05) is 0 Å². The molecule has 0 spiro atoms. The second kappa shape index (κ2) is 11.6. The summed E-state index contributed by atoms with van der Waals surface area (Å²) in [6.45, 7) is 1.06. The molecule has 2 aliphatic rings. The number of phosphoric acid groups is 2. The van der Waals surface area contributed by atoms with Crippen LogP contribution in [-0.2, 0) is 41.6 Å². The smallest absolute Gasteiger partial charge is 0.280 e. The van der Waals surface area contributed by atoms with Crippen LogP contribution in [0.5, 0.6) is 0 Å². The highest BCUT2D eigenvalue weighted by atomic mass is 31.3. The lowest BCUT2D eigenvalue weighted by Gasteiger charge is -2.40. The molecule has 2 fully saturated rings. The van der Waals surface area contributed by atoms with Crippen molar-refractivity contribution < 1.29 is 66.7 Å². The second-order valence-corrected chi connectivity index (χ2v) is 11.8. The summed E-state index contributed by atoms with van der Waals surface area (Å²) in [5.41, 5.74) is 4.51. The first kappa shape index (κ1) is 31.3. The Balaban J connectivity index is 1.41. The molecule has 0 bridgehead atoms. The van der Waals surface area contributed by atoms with Crippen molar-refractivity contribution in [1.29, 1.82) is 0 Å². The number of aromatic nitrogens is 4. The van der Waals surface area contributed by atoms with Crippen LogP contribution in [0.3, 0.4) is 0 Å². The zero-order valence-electron chi connectivity index (χ0n) is 21.0. The lowest BCUT2D eigenvalue weighted by molar-refractivity contribution is -0.266. The van der Waals surface area contributed by atoms with E-state index in [0.717, 1.165) is 24.7 Å². The third-order valence-corrected chi connectivity index (χ3v) is 8.46. The second-order valence-electron chi connectivity index (χ2n) is 8.92. The molecule has 23 heteroatoms. The molecule has 0 radical (unpaired) electrons. The first-order chi connectivity index (χ1) is 19.0. The number of imidazole rings is 1. The van der Waals surface area contributed by atoms with Crippen LogP contribution < -0.4 is 26.4 Å². The van der Waals surface area contributed by atoms with Gasteiger partial charge in [0.1, 0.15) is 36.6 Å². The summed E-state index contributed by atoms with van der Waals surface area (Å²) in [5, 5.41) is 32.9. The van der Waals surface area contributed by atoms with Crippen LogP contribution in [0.15, 0.2) is 11.1 Å². The van der Waals surface area contributed by atoms with E-state index in [-0.39, 0.29) is 17.1 Å². The summed E-state index contributed by atoms with van der Waals surface area (Å²) in [7, 11) is -11.7. The Morgan fingerprint density at radius 2 is 1.90 bits per heavy atom. The van der Waals surface area contributed by atoms with E-state index in [4.69, 9.17) is 15.2 Å². The summed E-state index contributed by atoms with van der Waals surface area (Å²) in [4.78, 5) is 69.9. The van der Waals surface area contributed by atoms with E-state index in [9.17, 15) is 48.6 Å². The number of aliphatic hydroxyl groups is 3. The van der Waals surface area contributed by atoms with Gasteiger partial charge in [0, 0.05) is 6.92 Å². The average molecular weight is 626 g/mol. The first-order valence-corrected chi connectivity index (χ1v) is 14.5. The summed E-state index contributed by atoms with van der Waals surface area (Å²) in [6, 6.07) is -1.74. The van der Waals surface area contributed by atoms with Crippen molar-refractivity contribution >= 4 is 44.4 Å². The predicted octanol–water partition coefficient (Wildman–Crippen LogP) is -4.51. The number of anilines is 1. The number of H-pyrrole nitrogens is 1. The molecule has 2 saturated heterocycles. The van der Waals surface area contributed by atoms with Crippen LogP contribution in [0.25, 0.3) is 11.2 Å². The number of Topliss-reactive ketones (excluding diaryl/α,β-unsaturated/α-hetero) is 1. The Hall–Kier alpha value is -2.65. The molecule has 4 rings (SSSR count). The molecule has 41 heavy (non-hydrogen) atoms. The molecule has 0 aromatic carbocycles. The fourth-order valence-corrected chi connectivity index (χ4v) is 6.16. The number of aromatic amines is 1. The minimum Gasteiger partial charge on any atom is -0.756 e. The summed E-state index contributed by atoms with van der Waals surface area (Å²) < 4.78 is 49.2. The van der Waals surface area contributed by atoms with E-state index in [0.29, 0.717) is 0 Å². The Bertz CT molecular complexity index is 1480. The molecule has 0 aliphatic carbocycles. The van der Waals surface area contributed by atoms with Crippen molar-refractivity contribution in [1.82, 2.24) is 24.8 Å². The Labute approximate surface area is 228 Å². The maximum absolute atomic E-state index is 12.3. The quantitative estimate of drug-likeness (QED) is 0.143. The standard InChI is InChI=1S/C18H26N6O15P2/c1-5-10(26)12(28)8(21-6(2)25)17(36-5)38-41(33,34)39-40(31,32)35-3-7-11(27)13(29)16(37-7)24-4-20-9-14(24)22-18(19)23-15(9)30/h4-5,7-8,11-13,16-17,27-29H,3H2,1-2H3,(H,21,25)(H,31,32)(H,33,34)(H3,19,22,23,30)/p-2/t5-,7-,8-,11-,12-,13-,16-,17-/m1/s1. The minimum absolute atomic E-state index is 0.130. The number of nitrogens with zero attached hydrogens (tertiary/aromatic N) is 3. The fourth-order valence-electron chi connectivity index (χ4n) is 4.07. The van der Waals surface area contributed by atoms with Gasteiger partial charge in [-0.2, -0.15) is 4.98 Å². The molecule has 21 nitrogen and oxygen atoms in total. The van der Waals surface area contributed by atoms with E-state index >= 15 is 0 Å². The zero-order valence-corrected chi connectivity index (χ0v) is 22.7. The number of ether oxygens (including phenoxy) is 2. The Morgan fingerprint density at radius 1 is 1.22 bits per heavy atom. The number of carbonyl (C=O) groups excluding carboxylic acids is 2. The molecule has 7 N–H and O–H groups in total. The molecule has 2 aromatic heterocycles. The minimum atomic E-state index is -5.88. The number of rotatable bonds is 9. The Kier molecular flexibility index (Phi) is 8.82. The van der Waals surface area contributed by atoms with Crippen LogP contribution in [0, 0.1) is 0 Å². The molecule has 10 atom stereocenters. The van der Waals surface area contributed by atoms with Gasteiger partial charge in [-0.05, 0) is 6.92 Å². The van der Waals surface area contributed by atoms with Gasteiger partial charge in [-0.3, -0.25) is 37.6 Å². The average Bonchev–Trinajstić information content (AvgIpc) is 3.39. The van der Waals surface area contributed by atoms with E-state index in [1.54, 1.807) is 0 Å². The van der Waals surface area contributed by atoms with Crippen LogP contribution in [-0.4, -0.2) is 96.0 Å². The van der Waals surface area contributed by atoms with E-state index < -0.39 is 88.6 Å². The van der Waals surface area contributed by atoms with Crippen molar-refractivity contribution in [3.8, 4) is 0 Å². The van der Waals surface area contributed by atoms with Crippen LogP contribution in [0.4, 0.5) is 5.95 Å². The van der Waals surface area contributed by atoms with Crippen molar-refractivity contribution in [3.63, 3.8) is 0 Å². The molecule has 2 unspecified atom stereocenters. The van der Waals surface area contributed by atoms with Gasteiger partial charge in [0.15, 0.2) is 29.5 Å². The van der Waals surface area contributed by atoms with Gasteiger partial charge in [0.25, 0.3) is 21.2 Å². The lowest BCUT2D eigenvalue weighted by atomic mass is 9.99. The predicted molar refractivity (Wildman–Crippen MR) is 125 cm³/mol. The van der Waals surface area contributed by atoms with E-state index in [2.05, 4.69) is 33.6 Å². The maximum atomic E-state index is 12.3. The van der Waals surface area contributed by atoms with Crippen molar-refractivity contribution in [3.05, 3.63) is 16.7 Å².